The zero-order chi connectivity index (χ0) is 10.4. The van der Waals surface area contributed by atoms with E-state index in [1.54, 1.807) is 0 Å². The minimum absolute atomic E-state index is 0.126. The summed E-state index contributed by atoms with van der Waals surface area (Å²) in [6.45, 7) is 6.71. The lowest BCUT2D eigenvalue weighted by molar-refractivity contribution is 0.0765. The van der Waals surface area contributed by atoms with Crippen LogP contribution in [0.3, 0.4) is 0 Å². The van der Waals surface area contributed by atoms with Gasteiger partial charge in [-0.2, -0.15) is 0 Å². The molecule has 0 radical (unpaired) electrons. The molecule has 2 bridgehead atoms. The summed E-state index contributed by atoms with van der Waals surface area (Å²) in [5.41, 5.74) is 8.82. The maximum atomic E-state index is 8.71. The van der Waals surface area contributed by atoms with Gasteiger partial charge in [-0.15, -0.1) is 0 Å². The van der Waals surface area contributed by atoms with Crippen LogP contribution in [0.5, 0.6) is 0 Å². The molecule has 0 aromatic heterocycles. The Morgan fingerprint density at radius 3 is 2.57 bits per heavy atom. The predicted octanol–water partition coefficient (Wildman–Crippen LogP) is 3.90. The Bertz CT molecular complexity index is 295. The van der Waals surface area contributed by atoms with Crippen LogP contribution in [-0.2, 0) is 0 Å². The zero-order valence-corrected chi connectivity index (χ0v) is 9.32. The zero-order valence-electron chi connectivity index (χ0n) is 9.32. The van der Waals surface area contributed by atoms with Crippen LogP contribution in [0.2, 0.25) is 0 Å². The monoisotopic (exact) mass is 193 g/mol. The fraction of sp³-hybridized carbons (Fsp3) is 1.00. The van der Waals surface area contributed by atoms with Gasteiger partial charge in [-0.25, -0.2) is 0 Å². The Morgan fingerprint density at radius 2 is 2.00 bits per heavy atom. The average molecular weight is 193 g/mol. The van der Waals surface area contributed by atoms with E-state index in [4.69, 9.17) is 5.53 Å². The quantitative estimate of drug-likeness (QED) is 0.363. The second-order valence-electron chi connectivity index (χ2n) is 5.31. The number of rotatable bonds is 2. The van der Waals surface area contributed by atoms with E-state index >= 15 is 0 Å². The second-order valence-corrected chi connectivity index (χ2v) is 5.31. The van der Waals surface area contributed by atoms with Crippen molar-refractivity contribution in [1.82, 2.24) is 0 Å². The van der Waals surface area contributed by atoms with Crippen LogP contribution in [0, 0.1) is 17.3 Å². The fourth-order valence-electron chi connectivity index (χ4n) is 3.89. The highest BCUT2D eigenvalue weighted by molar-refractivity contribution is 5.15. The summed E-state index contributed by atoms with van der Waals surface area (Å²) in [5, 5.41) is 4.14. The molecule has 0 amide bonds. The van der Waals surface area contributed by atoms with Crippen LogP contribution < -0.4 is 0 Å². The van der Waals surface area contributed by atoms with E-state index < -0.39 is 0 Å². The summed E-state index contributed by atoms with van der Waals surface area (Å²) in [5.74, 6) is 1.42. The number of hydrogen-bond acceptors (Lipinski definition) is 1. The number of azide groups is 1. The first-order valence-electron chi connectivity index (χ1n) is 5.64. The molecule has 14 heavy (non-hydrogen) atoms. The maximum absolute atomic E-state index is 8.71. The Morgan fingerprint density at radius 1 is 1.36 bits per heavy atom. The molecular formula is C11H19N3. The van der Waals surface area contributed by atoms with Crippen molar-refractivity contribution in [3.63, 3.8) is 0 Å². The average Bonchev–Trinajstić information content (AvgIpc) is 2.71. The van der Waals surface area contributed by atoms with Gasteiger partial charge in [0.25, 0.3) is 0 Å². The maximum Gasteiger partial charge on any atom is 0.0544 e. The topological polar surface area (TPSA) is 48.8 Å². The molecule has 2 aliphatic carbocycles. The Kier molecular flexibility index (Phi) is 2.04. The van der Waals surface area contributed by atoms with Crippen molar-refractivity contribution in [1.29, 1.82) is 0 Å². The summed E-state index contributed by atoms with van der Waals surface area (Å²) in [6.07, 6.45) is 5.00. The lowest BCUT2D eigenvalue weighted by atomic mass is 9.62. The van der Waals surface area contributed by atoms with E-state index in [9.17, 15) is 0 Å². The molecule has 0 N–H and O–H groups in total. The third kappa shape index (κ3) is 0.912. The molecule has 78 valence electrons. The molecule has 2 rings (SSSR count). The van der Waals surface area contributed by atoms with Gasteiger partial charge in [-0.3, -0.25) is 0 Å². The summed E-state index contributed by atoms with van der Waals surface area (Å²) in [6, 6.07) is 0. The van der Waals surface area contributed by atoms with Crippen LogP contribution in [-0.4, -0.2) is 5.54 Å². The minimum atomic E-state index is -0.126. The van der Waals surface area contributed by atoms with Gasteiger partial charge in [0.1, 0.15) is 0 Å². The van der Waals surface area contributed by atoms with Crippen LogP contribution in [0.15, 0.2) is 5.11 Å². The lowest BCUT2D eigenvalue weighted by Gasteiger charge is -2.46. The molecular weight excluding hydrogens is 174 g/mol. The third-order valence-electron chi connectivity index (χ3n) is 5.27. The van der Waals surface area contributed by atoms with Crippen LogP contribution in [0.25, 0.3) is 10.4 Å². The number of hydrogen-bond donors (Lipinski definition) is 0. The third-order valence-corrected chi connectivity index (χ3v) is 5.27. The normalized spacial score (nSPS) is 50.5. The van der Waals surface area contributed by atoms with E-state index in [0.29, 0.717) is 5.92 Å². The van der Waals surface area contributed by atoms with E-state index in [2.05, 4.69) is 30.8 Å². The number of nitrogens with zero attached hydrogens (tertiary/aromatic N) is 3. The molecule has 2 saturated carbocycles. The molecule has 0 aromatic carbocycles. The first-order chi connectivity index (χ1) is 6.58. The summed E-state index contributed by atoms with van der Waals surface area (Å²) in [4.78, 5) is 3.08. The largest absolute Gasteiger partial charge is 0.0867 e. The van der Waals surface area contributed by atoms with E-state index in [1.807, 2.05) is 0 Å². The fourth-order valence-corrected chi connectivity index (χ4v) is 3.89. The highest BCUT2D eigenvalue weighted by Gasteiger charge is 2.61. The highest BCUT2D eigenvalue weighted by atomic mass is 15.2. The SMILES string of the molecule is CC[C@@]1(C)[C@@H]2CC[C@@H](C2)C1(C)N=[N+]=[N-]. The van der Waals surface area contributed by atoms with Gasteiger partial charge in [-0.1, -0.05) is 25.9 Å². The van der Waals surface area contributed by atoms with Gasteiger partial charge in [-0.05, 0) is 48.5 Å². The van der Waals surface area contributed by atoms with Crippen molar-refractivity contribution < 1.29 is 0 Å². The summed E-state index contributed by atoms with van der Waals surface area (Å²) in [7, 11) is 0. The van der Waals surface area contributed by atoms with Crippen molar-refractivity contribution in [2.45, 2.75) is 52.0 Å². The van der Waals surface area contributed by atoms with Gasteiger partial charge in [0.05, 0.1) is 5.54 Å². The molecule has 3 nitrogen and oxygen atoms in total. The van der Waals surface area contributed by atoms with Crippen LogP contribution in [0.4, 0.5) is 0 Å². The van der Waals surface area contributed by atoms with E-state index in [0.717, 1.165) is 12.3 Å². The molecule has 0 spiro atoms. The number of fused-ring (bicyclic) bond motifs is 2. The summed E-state index contributed by atoms with van der Waals surface area (Å²) >= 11 is 0. The van der Waals surface area contributed by atoms with Crippen molar-refractivity contribution in [2.75, 3.05) is 0 Å². The van der Waals surface area contributed by atoms with Crippen molar-refractivity contribution in [2.24, 2.45) is 22.4 Å². The molecule has 3 heteroatoms. The van der Waals surface area contributed by atoms with E-state index in [1.165, 1.54) is 19.3 Å². The van der Waals surface area contributed by atoms with Gasteiger partial charge in [0.2, 0.25) is 0 Å². The summed E-state index contributed by atoms with van der Waals surface area (Å²) < 4.78 is 0. The molecule has 0 heterocycles. The molecule has 0 saturated heterocycles. The predicted molar refractivity (Wildman–Crippen MR) is 56.8 cm³/mol. The first-order valence-corrected chi connectivity index (χ1v) is 5.64. The van der Waals surface area contributed by atoms with Gasteiger partial charge in [0.15, 0.2) is 0 Å². The van der Waals surface area contributed by atoms with Crippen molar-refractivity contribution in [3.05, 3.63) is 10.4 Å². The lowest BCUT2D eigenvalue weighted by Crippen LogP contribution is -2.46. The molecule has 0 aliphatic heterocycles. The van der Waals surface area contributed by atoms with Crippen LogP contribution >= 0.6 is 0 Å². The van der Waals surface area contributed by atoms with Crippen molar-refractivity contribution >= 4 is 0 Å². The van der Waals surface area contributed by atoms with Gasteiger partial charge >= 0.3 is 0 Å². The minimum Gasteiger partial charge on any atom is -0.0867 e. The molecule has 4 atom stereocenters. The van der Waals surface area contributed by atoms with Gasteiger partial charge in [0, 0.05) is 4.91 Å². The Labute approximate surface area is 85.5 Å². The smallest absolute Gasteiger partial charge is 0.0544 e. The second kappa shape index (κ2) is 2.90. The Balaban J connectivity index is 2.44. The Hall–Kier alpha value is -0.690. The molecule has 2 aliphatic rings. The van der Waals surface area contributed by atoms with Gasteiger partial charge < -0.3 is 0 Å². The molecule has 2 fully saturated rings. The van der Waals surface area contributed by atoms with E-state index in [-0.39, 0.29) is 11.0 Å². The standard InChI is InChI=1S/C11H19N3/c1-4-10(2)8-5-6-9(7-8)11(10,3)13-14-12/h8-9H,4-7H2,1-3H3/t8-,9+,10+,11?/m1/s1. The molecule has 0 aromatic rings. The molecule has 1 unspecified atom stereocenters. The van der Waals surface area contributed by atoms with Crippen LogP contribution in [0.1, 0.15) is 46.5 Å². The van der Waals surface area contributed by atoms with Crippen molar-refractivity contribution in [3.8, 4) is 0 Å². The first kappa shape index (κ1) is 9.85. The highest BCUT2D eigenvalue weighted by Crippen LogP contribution is 2.64.